The summed E-state index contributed by atoms with van der Waals surface area (Å²) in [5.41, 5.74) is 7.24. The Morgan fingerprint density at radius 3 is 2.67 bits per heavy atom. The second kappa shape index (κ2) is 9.63. The lowest BCUT2D eigenvalue weighted by molar-refractivity contribution is 0.305. The number of halogens is 1. The Labute approximate surface area is 227 Å². The van der Waals surface area contributed by atoms with E-state index in [2.05, 4.69) is 25.1 Å². The summed E-state index contributed by atoms with van der Waals surface area (Å²) < 4.78 is 20.0. The molecule has 0 amide bonds. The molecule has 0 unspecified atom stereocenters. The van der Waals surface area contributed by atoms with Gasteiger partial charge in [-0.15, -0.1) is 0 Å². The summed E-state index contributed by atoms with van der Waals surface area (Å²) in [5.74, 6) is -0.0159. The molecule has 7 aromatic rings. The maximum absolute atomic E-state index is 14.0. The first-order valence-electron chi connectivity index (χ1n) is 12.6. The lowest BCUT2D eigenvalue weighted by Gasteiger charge is -2.08. The number of aromatic hydroxyl groups is 1. The highest BCUT2D eigenvalue weighted by atomic mass is 19.1. The lowest BCUT2D eigenvalue weighted by atomic mass is 10.0. The van der Waals surface area contributed by atoms with E-state index in [1.807, 2.05) is 54.6 Å². The molecule has 0 radical (unpaired) electrons. The van der Waals surface area contributed by atoms with Crippen molar-refractivity contribution in [2.24, 2.45) is 0 Å². The van der Waals surface area contributed by atoms with Crippen molar-refractivity contribution in [1.29, 1.82) is 0 Å². The third kappa shape index (κ3) is 4.39. The highest BCUT2D eigenvalue weighted by molar-refractivity contribution is 5.99. The number of pyridine rings is 3. The van der Waals surface area contributed by atoms with E-state index in [9.17, 15) is 9.50 Å². The minimum Gasteiger partial charge on any atom is -0.508 e. The van der Waals surface area contributed by atoms with Gasteiger partial charge in [0.15, 0.2) is 0 Å². The molecule has 0 saturated heterocycles. The molecule has 8 nitrogen and oxygen atoms in total. The van der Waals surface area contributed by atoms with Crippen LogP contribution < -0.4 is 4.74 Å². The number of rotatable bonds is 6. The van der Waals surface area contributed by atoms with Gasteiger partial charge in [-0.25, -0.2) is 14.4 Å². The van der Waals surface area contributed by atoms with Crippen LogP contribution in [0.4, 0.5) is 4.39 Å². The predicted octanol–water partition coefficient (Wildman–Crippen LogP) is 6.65. The normalized spacial score (nSPS) is 11.3. The van der Waals surface area contributed by atoms with Crippen molar-refractivity contribution >= 4 is 22.1 Å². The van der Waals surface area contributed by atoms with E-state index in [0.29, 0.717) is 40.5 Å². The number of aromatic nitrogens is 6. The first-order chi connectivity index (χ1) is 19.6. The number of nitrogens with zero attached hydrogens (tertiary/aromatic N) is 4. The van der Waals surface area contributed by atoms with Crippen molar-refractivity contribution in [3.8, 4) is 45.3 Å². The summed E-state index contributed by atoms with van der Waals surface area (Å²) in [7, 11) is 0. The molecular formula is C31H21FN6O2. The number of hydrogen-bond donors (Lipinski definition) is 3. The summed E-state index contributed by atoms with van der Waals surface area (Å²) in [4.78, 5) is 17.0. The number of nitrogens with one attached hydrogen (secondary N) is 2. The van der Waals surface area contributed by atoms with Gasteiger partial charge >= 0.3 is 0 Å². The zero-order valence-corrected chi connectivity index (χ0v) is 21.0. The number of H-pyrrole nitrogens is 2. The molecular weight excluding hydrogens is 507 g/mol. The lowest BCUT2D eigenvalue weighted by Crippen LogP contribution is -1.96. The molecule has 0 aliphatic carbocycles. The number of benzene rings is 2. The molecule has 0 atom stereocenters. The Morgan fingerprint density at radius 2 is 1.80 bits per heavy atom. The van der Waals surface area contributed by atoms with Crippen LogP contribution in [-0.2, 0) is 6.61 Å². The molecule has 0 fully saturated rings. The summed E-state index contributed by atoms with van der Waals surface area (Å²) in [6, 6.07) is 23.4. The Kier molecular flexibility index (Phi) is 5.67. The number of phenols is 1. The fraction of sp³-hybridized carbons (Fsp3) is 0.0323. The SMILES string of the molecule is Oc1cc(F)cc(-c2ccnc3[nH]c(-c4n[nH]c5ccc(-c6cncc(OCc7ccccc7)c6)nc45)cc23)c1. The zero-order chi connectivity index (χ0) is 27.1. The summed E-state index contributed by atoms with van der Waals surface area (Å²) in [6.45, 7) is 0.440. The van der Waals surface area contributed by atoms with E-state index in [1.54, 1.807) is 24.7 Å². The van der Waals surface area contributed by atoms with Crippen molar-refractivity contribution in [2.45, 2.75) is 6.61 Å². The minimum atomic E-state index is -0.519. The molecule has 7 rings (SSSR count). The molecule has 0 bridgehead atoms. The van der Waals surface area contributed by atoms with Crippen molar-refractivity contribution < 1.29 is 14.2 Å². The van der Waals surface area contributed by atoms with Gasteiger partial charge in [0.1, 0.15) is 40.8 Å². The van der Waals surface area contributed by atoms with Gasteiger partial charge < -0.3 is 14.8 Å². The molecule has 3 N–H and O–H groups in total. The number of phenolic OH excluding ortho intramolecular Hbond substituents is 1. The van der Waals surface area contributed by atoms with E-state index in [1.165, 1.54) is 12.1 Å². The van der Waals surface area contributed by atoms with Gasteiger partial charge in [-0.05, 0) is 59.2 Å². The molecule has 40 heavy (non-hydrogen) atoms. The number of fused-ring (bicyclic) bond motifs is 2. The maximum atomic E-state index is 14.0. The predicted molar refractivity (Wildman–Crippen MR) is 150 cm³/mol. The molecule has 0 saturated carbocycles. The average Bonchev–Trinajstić information content (AvgIpc) is 3.60. The number of ether oxygens (including phenoxy) is 1. The number of hydrogen-bond acceptors (Lipinski definition) is 6. The fourth-order valence-corrected chi connectivity index (χ4v) is 4.76. The van der Waals surface area contributed by atoms with Crippen molar-refractivity contribution in [1.82, 2.24) is 30.1 Å². The summed E-state index contributed by atoms with van der Waals surface area (Å²) >= 11 is 0. The number of aromatic amines is 2. The monoisotopic (exact) mass is 528 g/mol. The standard InChI is InChI=1S/C31H21FN6O2/c32-21-10-19(11-22(39)13-21)24-8-9-34-31-25(24)14-28(36-31)30-29-27(37-38-30)7-6-26(35-29)20-12-23(16-33-15-20)40-17-18-4-2-1-3-5-18/h1-16,39H,17H2,(H,34,36)(H,37,38). The van der Waals surface area contributed by atoms with Gasteiger partial charge in [-0.2, -0.15) is 5.10 Å². The maximum Gasteiger partial charge on any atom is 0.138 e. The van der Waals surface area contributed by atoms with Crippen LogP contribution in [0.1, 0.15) is 5.56 Å². The zero-order valence-electron chi connectivity index (χ0n) is 21.0. The largest absolute Gasteiger partial charge is 0.508 e. The van der Waals surface area contributed by atoms with E-state index in [0.717, 1.165) is 39.4 Å². The molecule has 2 aromatic carbocycles. The van der Waals surface area contributed by atoms with Gasteiger partial charge in [-0.3, -0.25) is 10.1 Å². The van der Waals surface area contributed by atoms with Crippen LogP contribution >= 0.6 is 0 Å². The second-order valence-electron chi connectivity index (χ2n) is 9.35. The third-order valence-corrected chi connectivity index (χ3v) is 6.65. The molecule has 9 heteroatoms. The molecule has 0 aliphatic rings. The Morgan fingerprint density at radius 1 is 0.900 bits per heavy atom. The van der Waals surface area contributed by atoms with E-state index in [-0.39, 0.29) is 5.75 Å². The Hall–Kier alpha value is -5.57. The Bertz CT molecular complexity index is 1980. The first-order valence-corrected chi connectivity index (χ1v) is 12.6. The van der Waals surface area contributed by atoms with Crippen molar-refractivity contribution in [3.63, 3.8) is 0 Å². The van der Waals surface area contributed by atoms with Crippen molar-refractivity contribution in [3.05, 3.63) is 109 Å². The van der Waals surface area contributed by atoms with Crippen LogP contribution in [-0.4, -0.2) is 35.2 Å². The van der Waals surface area contributed by atoms with Gasteiger partial charge in [0.2, 0.25) is 0 Å². The van der Waals surface area contributed by atoms with Crippen LogP contribution in [0.2, 0.25) is 0 Å². The Balaban J connectivity index is 1.25. The topological polar surface area (TPSA) is 113 Å². The highest BCUT2D eigenvalue weighted by Gasteiger charge is 2.17. The first kappa shape index (κ1) is 23.5. The quantitative estimate of drug-likeness (QED) is 0.223. The van der Waals surface area contributed by atoms with Gasteiger partial charge in [-0.1, -0.05) is 30.3 Å². The second-order valence-corrected chi connectivity index (χ2v) is 9.35. The molecule has 0 spiro atoms. The van der Waals surface area contributed by atoms with Crippen LogP contribution in [0.25, 0.3) is 55.8 Å². The van der Waals surface area contributed by atoms with Crippen LogP contribution in [0.3, 0.4) is 0 Å². The molecule has 0 aliphatic heterocycles. The van der Waals surface area contributed by atoms with Crippen LogP contribution in [0.5, 0.6) is 11.5 Å². The van der Waals surface area contributed by atoms with E-state index in [4.69, 9.17) is 9.72 Å². The molecule has 194 valence electrons. The third-order valence-electron chi connectivity index (χ3n) is 6.65. The van der Waals surface area contributed by atoms with Crippen molar-refractivity contribution in [2.75, 3.05) is 0 Å². The molecule has 5 aromatic heterocycles. The molecule has 5 heterocycles. The van der Waals surface area contributed by atoms with Gasteiger partial charge in [0, 0.05) is 29.4 Å². The van der Waals surface area contributed by atoms with Crippen LogP contribution in [0, 0.1) is 5.82 Å². The fourth-order valence-electron chi connectivity index (χ4n) is 4.76. The van der Waals surface area contributed by atoms with E-state index < -0.39 is 5.82 Å². The average molecular weight is 529 g/mol. The van der Waals surface area contributed by atoms with E-state index >= 15 is 0 Å². The van der Waals surface area contributed by atoms with Gasteiger partial charge in [0.25, 0.3) is 0 Å². The summed E-state index contributed by atoms with van der Waals surface area (Å²) in [6.07, 6.45) is 5.07. The van der Waals surface area contributed by atoms with Crippen LogP contribution in [0.15, 0.2) is 97.5 Å². The van der Waals surface area contributed by atoms with Gasteiger partial charge in [0.05, 0.1) is 23.1 Å². The minimum absolute atomic E-state index is 0.144. The summed E-state index contributed by atoms with van der Waals surface area (Å²) in [5, 5.41) is 18.3. The smallest absolute Gasteiger partial charge is 0.138 e. The highest BCUT2D eigenvalue weighted by Crippen LogP contribution is 2.35.